The number of hydrogen-bond donors (Lipinski definition) is 2. The lowest BCUT2D eigenvalue weighted by molar-refractivity contribution is -0.151. The van der Waals surface area contributed by atoms with Crippen LogP contribution in [0.15, 0.2) is 0 Å². The SMILES string of the molecule is CCCNC(=O)CN(C)C(=O)CN(CC)C(C)(C)C(=O)O. The molecule has 0 aliphatic heterocycles. The van der Waals surface area contributed by atoms with Crippen LogP contribution in [0.1, 0.15) is 34.1 Å². The van der Waals surface area contributed by atoms with Crippen LogP contribution >= 0.6 is 0 Å². The predicted molar refractivity (Wildman–Crippen MR) is 79.9 cm³/mol. The number of aliphatic carboxylic acids is 1. The van der Waals surface area contributed by atoms with Gasteiger partial charge in [-0.05, 0) is 26.8 Å². The van der Waals surface area contributed by atoms with Crippen molar-refractivity contribution in [1.29, 1.82) is 0 Å². The molecule has 0 bridgehead atoms. The minimum absolute atomic E-state index is 0.0239. The standard InChI is InChI=1S/C14H27N3O4/c1-6-8-15-11(18)9-16(5)12(19)10-17(7-2)14(3,4)13(20)21/h6-10H2,1-5H3,(H,15,18)(H,20,21). The summed E-state index contributed by atoms with van der Waals surface area (Å²) in [4.78, 5) is 37.8. The topological polar surface area (TPSA) is 90.0 Å². The Morgan fingerprint density at radius 1 is 1.14 bits per heavy atom. The Balaban J connectivity index is 4.57. The Bertz CT molecular complexity index is 382. The molecule has 0 saturated heterocycles. The molecule has 7 nitrogen and oxygen atoms in total. The zero-order valence-corrected chi connectivity index (χ0v) is 13.6. The molecule has 7 heteroatoms. The highest BCUT2D eigenvalue weighted by molar-refractivity contribution is 5.86. The molecular weight excluding hydrogens is 274 g/mol. The molecule has 0 saturated carbocycles. The smallest absolute Gasteiger partial charge is 0.323 e. The third-order valence-electron chi connectivity index (χ3n) is 3.40. The molecule has 0 aliphatic carbocycles. The zero-order chi connectivity index (χ0) is 16.6. The lowest BCUT2D eigenvalue weighted by atomic mass is 10.0. The van der Waals surface area contributed by atoms with E-state index < -0.39 is 11.5 Å². The fraction of sp³-hybridized carbons (Fsp3) is 0.786. The van der Waals surface area contributed by atoms with Gasteiger partial charge in [-0.3, -0.25) is 19.3 Å². The third kappa shape index (κ3) is 6.12. The van der Waals surface area contributed by atoms with Gasteiger partial charge in [0.15, 0.2) is 0 Å². The van der Waals surface area contributed by atoms with Crippen LogP contribution in [0, 0.1) is 0 Å². The number of rotatable bonds is 9. The molecule has 0 heterocycles. The van der Waals surface area contributed by atoms with Gasteiger partial charge in [-0.2, -0.15) is 0 Å². The third-order valence-corrected chi connectivity index (χ3v) is 3.40. The molecule has 0 aromatic rings. The lowest BCUT2D eigenvalue weighted by Crippen LogP contribution is -2.54. The Hall–Kier alpha value is -1.63. The van der Waals surface area contributed by atoms with Crippen LogP contribution in [0.5, 0.6) is 0 Å². The zero-order valence-electron chi connectivity index (χ0n) is 13.6. The fourth-order valence-corrected chi connectivity index (χ4v) is 1.75. The Kier molecular flexibility index (Phi) is 7.94. The molecule has 0 fully saturated rings. The van der Waals surface area contributed by atoms with Crippen LogP contribution in [0.3, 0.4) is 0 Å². The van der Waals surface area contributed by atoms with E-state index in [9.17, 15) is 19.5 Å². The van der Waals surface area contributed by atoms with Gasteiger partial charge in [0, 0.05) is 13.6 Å². The Morgan fingerprint density at radius 3 is 2.14 bits per heavy atom. The first-order chi connectivity index (χ1) is 9.66. The first kappa shape index (κ1) is 19.4. The minimum Gasteiger partial charge on any atom is -0.480 e. The Labute approximate surface area is 126 Å². The summed E-state index contributed by atoms with van der Waals surface area (Å²) in [5, 5.41) is 11.9. The molecule has 0 rings (SSSR count). The summed E-state index contributed by atoms with van der Waals surface area (Å²) in [7, 11) is 1.54. The summed E-state index contributed by atoms with van der Waals surface area (Å²) in [5.74, 6) is -1.48. The lowest BCUT2D eigenvalue weighted by Gasteiger charge is -2.34. The fourth-order valence-electron chi connectivity index (χ4n) is 1.75. The molecule has 0 atom stereocenters. The quantitative estimate of drug-likeness (QED) is 0.633. The number of carboxylic acid groups (broad SMARTS) is 1. The summed E-state index contributed by atoms with van der Waals surface area (Å²) in [6, 6.07) is 0. The van der Waals surface area contributed by atoms with E-state index in [-0.39, 0.29) is 24.9 Å². The summed E-state index contributed by atoms with van der Waals surface area (Å²) in [6.07, 6.45) is 0.833. The van der Waals surface area contributed by atoms with E-state index in [2.05, 4.69) is 5.32 Å². The van der Waals surface area contributed by atoms with E-state index in [1.54, 1.807) is 25.7 Å². The molecule has 0 aromatic heterocycles. The second-order valence-electron chi connectivity index (χ2n) is 5.48. The highest BCUT2D eigenvalue weighted by atomic mass is 16.4. The van der Waals surface area contributed by atoms with E-state index in [4.69, 9.17) is 0 Å². The second-order valence-corrected chi connectivity index (χ2v) is 5.48. The van der Waals surface area contributed by atoms with E-state index in [0.717, 1.165) is 6.42 Å². The van der Waals surface area contributed by atoms with E-state index in [1.165, 1.54) is 11.9 Å². The number of likely N-dealkylation sites (N-methyl/N-ethyl adjacent to an activating group) is 2. The highest BCUT2D eigenvalue weighted by Crippen LogP contribution is 2.14. The van der Waals surface area contributed by atoms with Gasteiger partial charge in [0.1, 0.15) is 5.54 Å². The molecule has 0 spiro atoms. The van der Waals surface area contributed by atoms with Crippen LogP contribution in [0.4, 0.5) is 0 Å². The average molecular weight is 301 g/mol. The van der Waals surface area contributed by atoms with Crippen LogP contribution in [0.25, 0.3) is 0 Å². The maximum atomic E-state index is 12.1. The second kappa shape index (κ2) is 8.61. The number of nitrogens with one attached hydrogen (secondary N) is 1. The Morgan fingerprint density at radius 2 is 1.71 bits per heavy atom. The van der Waals surface area contributed by atoms with Crippen LogP contribution < -0.4 is 5.32 Å². The first-order valence-electron chi connectivity index (χ1n) is 7.15. The van der Waals surface area contributed by atoms with Crippen molar-refractivity contribution in [3.05, 3.63) is 0 Å². The number of carbonyl (C=O) groups excluding carboxylic acids is 2. The van der Waals surface area contributed by atoms with Gasteiger partial charge < -0.3 is 15.3 Å². The highest BCUT2D eigenvalue weighted by Gasteiger charge is 2.35. The van der Waals surface area contributed by atoms with Gasteiger partial charge in [-0.1, -0.05) is 13.8 Å². The molecule has 122 valence electrons. The molecule has 2 N–H and O–H groups in total. The van der Waals surface area contributed by atoms with Crippen LogP contribution in [-0.2, 0) is 14.4 Å². The molecule has 21 heavy (non-hydrogen) atoms. The summed E-state index contributed by atoms with van der Waals surface area (Å²) in [5.41, 5.74) is -1.13. The van der Waals surface area contributed by atoms with Crippen molar-refractivity contribution in [2.45, 2.75) is 39.7 Å². The molecule has 2 amide bonds. The molecule has 0 unspecified atom stereocenters. The minimum atomic E-state index is -1.13. The average Bonchev–Trinajstić information content (AvgIpc) is 2.41. The molecule has 0 aliphatic rings. The van der Waals surface area contributed by atoms with Crippen LogP contribution in [0.2, 0.25) is 0 Å². The van der Waals surface area contributed by atoms with E-state index in [1.807, 2.05) is 6.92 Å². The maximum Gasteiger partial charge on any atom is 0.323 e. The largest absolute Gasteiger partial charge is 0.480 e. The van der Waals surface area contributed by atoms with Gasteiger partial charge in [-0.15, -0.1) is 0 Å². The first-order valence-corrected chi connectivity index (χ1v) is 7.15. The van der Waals surface area contributed by atoms with Gasteiger partial charge in [-0.25, -0.2) is 0 Å². The number of nitrogens with zero attached hydrogens (tertiary/aromatic N) is 2. The number of hydrogen-bond acceptors (Lipinski definition) is 4. The van der Waals surface area contributed by atoms with Crippen molar-refractivity contribution < 1.29 is 19.5 Å². The van der Waals surface area contributed by atoms with Gasteiger partial charge >= 0.3 is 5.97 Å². The van der Waals surface area contributed by atoms with Gasteiger partial charge in [0.2, 0.25) is 11.8 Å². The summed E-state index contributed by atoms with van der Waals surface area (Å²) >= 11 is 0. The number of carboxylic acids is 1. The number of carbonyl (C=O) groups is 3. The van der Waals surface area contributed by atoms with Crippen molar-refractivity contribution in [2.75, 3.05) is 33.2 Å². The van der Waals surface area contributed by atoms with Crippen molar-refractivity contribution in [1.82, 2.24) is 15.1 Å². The monoisotopic (exact) mass is 301 g/mol. The normalized spacial score (nSPS) is 11.3. The van der Waals surface area contributed by atoms with Crippen molar-refractivity contribution >= 4 is 17.8 Å². The van der Waals surface area contributed by atoms with Crippen molar-refractivity contribution in [2.24, 2.45) is 0 Å². The van der Waals surface area contributed by atoms with Gasteiger partial charge in [0.25, 0.3) is 0 Å². The summed E-state index contributed by atoms with van der Waals surface area (Å²) < 4.78 is 0. The van der Waals surface area contributed by atoms with Crippen LogP contribution in [-0.4, -0.2) is 71.5 Å². The molecule has 0 radical (unpaired) electrons. The molecule has 0 aromatic carbocycles. The number of amides is 2. The van der Waals surface area contributed by atoms with E-state index >= 15 is 0 Å². The van der Waals surface area contributed by atoms with Gasteiger partial charge in [0.05, 0.1) is 13.1 Å². The maximum absolute atomic E-state index is 12.1. The summed E-state index contributed by atoms with van der Waals surface area (Å²) in [6.45, 7) is 7.81. The van der Waals surface area contributed by atoms with E-state index in [0.29, 0.717) is 13.1 Å². The predicted octanol–water partition coefficient (Wildman–Crippen LogP) is 0.156. The van der Waals surface area contributed by atoms with Crippen molar-refractivity contribution in [3.63, 3.8) is 0 Å². The molecular formula is C14H27N3O4. The van der Waals surface area contributed by atoms with Crippen molar-refractivity contribution in [3.8, 4) is 0 Å².